The first-order valence-electron chi connectivity index (χ1n) is 21.3. The van der Waals surface area contributed by atoms with Crippen LogP contribution in [0.25, 0.3) is 11.3 Å². The molecule has 4 N–H and O–H groups in total. The molecule has 1 aliphatic carbocycles. The predicted octanol–water partition coefficient (Wildman–Crippen LogP) is 5.58. The lowest BCUT2D eigenvalue weighted by Crippen LogP contribution is -2.52. The van der Waals surface area contributed by atoms with Crippen LogP contribution in [-0.4, -0.2) is 105 Å². The molecule has 14 nitrogen and oxygen atoms in total. The van der Waals surface area contributed by atoms with Gasteiger partial charge in [-0.15, -0.1) is 0 Å². The third-order valence-corrected chi connectivity index (χ3v) is 13.4. The second-order valence-electron chi connectivity index (χ2n) is 17.0. The number of ether oxygens (including phenoxy) is 1. The van der Waals surface area contributed by atoms with Crippen LogP contribution in [0.3, 0.4) is 0 Å². The molecule has 2 saturated heterocycles. The molecular formula is C45H53N9O5. The van der Waals surface area contributed by atoms with E-state index in [1.165, 1.54) is 0 Å². The van der Waals surface area contributed by atoms with Crippen LogP contribution in [0.15, 0.2) is 66.9 Å². The van der Waals surface area contributed by atoms with Gasteiger partial charge in [-0.2, -0.15) is 5.10 Å². The summed E-state index contributed by atoms with van der Waals surface area (Å²) in [6, 6.07) is 19.5. The number of primary amides is 1. The quantitative estimate of drug-likeness (QED) is 0.186. The van der Waals surface area contributed by atoms with Crippen molar-refractivity contribution in [3.8, 4) is 22.8 Å². The van der Waals surface area contributed by atoms with Crippen LogP contribution in [0.4, 0.5) is 11.6 Å². The van der Waals surface area contributed by atoms with E-state index in [9.17, 15) is 19.2 Å². The average Bonchev–Trinajstić information content (AvgIpc) is 3.64. The average molecular weight is 800 g/mol. The summed E-state index contributed by atoms with van der Waals surface area (Å²) in [5, 5.41) is 11.2. The van der Waals surface area contributed by atoms with E-state index in [1.807, 2.05) is 64.2 Å². The molecular weight excluding hydrogens is 747 g/mol. The molecule has 6 heterocycles. The van der Waals surface area contributed by atoms with Gasteiger partial charge in [-0.1, -0.05) is 18.2 Å². The van der Waals surface area contributed by atoms with Crippen LogP contribution in [0.5, 0.6) is 11.5 Å². The number of nitrogens with one attached hydrogen (secondary N) is 2. The number of aromatic nitrogens is 3. The number of likely N-dealkylation sites (tertiary alicyclic amines) is 2. The first-order chi connectivity index (χ1) is 28.7. The molecule has 2 aromatic heterocycles. The van der Waals surface area contributed by atoms with Gasteiger partial charge in [-0.25, -0.2) is 9.67 Å². The van der Waals surface area contributed by atoms with E-state index in [2.05, 4.69) is 32.5 Å². The van der Waals surface area contributed by atoms with Crippen molar-refractivity contribution in [3.63, 3.8) is 0 Å². The number of hydrogen-bond acceptors (Lipinski definition) is 9. The number of nitrogens with two attached hydrogens (primary N) is 1. The molecule has 2 aromatic carbocycles. The van der Waals surface area contributed by atoms with E-state index in [4.69, 9.17) is 15.6 Å². The Labute approximate surface area is 344 Å². The Morgan fingerprint density at radius 2 is 1.59 bits per heavy atom. The van der Waals surface area contributed by atoms with E-state index in [-0.39, 0.29) is 29.7 Å². The Morgan fingerprint density at radius 1 is 0.881 bits per heavy atom. The smallest absolute Gasteiger partial charge is 0.254 e. The van der Waals surface area contributed by atoms with Gasteiger partial charge in [0.1, 0.15) is 34.4 Å². The summed E-state index contributed by atoms with van der Waals surface area (Å²) in [6.07, 6.45) is 8.85. The number of piperidine rings is 2. The third-order valence-electron chi connectivity index (χ3n) is 13.4. The molecule has 0 bridgehead atoms. The first kappa shape index (κ1) is 38.7. The topological polar surface area (TPSA) is 168 Å². The van der Waals surface area contributed by atoms with Gasteiger partial charge in [0.05, 0.1) is 6.04 Å². The molecule has 5 aliphatic rings. The van der Waals surface area contributed by atoms with E-state index in [0.717, 1.165) is 88.0 Å². The van der Waals surface area contributed by atoms with Crippen molar-refractivity contribution < 1.29 is 23.9 Å². The van der Waals surface area contributed by atoms with Crippen molar-refractivity contribution in [2.75, 3.05) is 56.9 Å². The fourth-order valence-electron chi connectivity index (χ4n) is 9.92. The number of benzene rings is 2. The largest absolute Gasteiger partial charge is 0.457 e. The number of carbonyl (C=O) groups excluding carboxylic acids is 4. The van der Waals surface area contributed by atoms with Crippen LogP contribution in [0.1, 0.15) is 83.7 Å². The number of carbonyl (C=O) groups is 4. The van der Waals surface area contributed by atoms with E-state index in [0.29, 0.717) is 78.0 Å². The SMILES string of the molecule is CN(CC1CCN(C(=O)c2ccnc3c2CCC(=O)N3)CC1)C1CC(C(=O)N2CCC([C@@H]3CCNc4c(C(N)=O)c(-c5ccc(Oc6ccccc6)cc5)nn43)CC2)C1. The predicted molar refractivity (Wildman–Crippen MR) is 223 cm³/mol. The normalized spacial score (nSPS) is 22.1. The molecule has 1 saturated carbocycles. The van der Waals surface area contributed by atoms with E-state index < -0.39 is 5.91 Å². The summed E-state index contributed by atoms with van der Waals surface area (Å²) in [5.41, 5.74) is 9.23. The zero-order valence-corrected chi connectivity index (χ0v) is 33.6. The number of para-hydroxylation sites is 1. The van der Waals surface area contributed by atoms with Crippen LogP contribution in [0, 0.1) is 17.8 Å². The maximum absolute atomic E-state index is 13.7. The fraction of sp³-hybridized carbons (Fsp3) is 0.467. The Hall–Kier alpha value is -5.76. The molecule has 14 heteroatoms. The number of anilines is 2. The van der Waals surface area contributed by atoms with Gasteiger partial charge in [-0.05, 0) is 113 Å². The summed E-state index contributed by atoms with van der Waals surface area (Å²) in [7, 11) is 2.18. The number of rotatable bonds is 10. The molecule has 9 rings (SSSR count). The van der Waals surface area contributed by atoms with Crippen LogP contribution in [-0.2, 0) is 16.0 Å². The Bertz CT molecular complexity index is 2200. The number of fused-ring (bicyclic) bond motifs is 2. The summed E-state index contributed by atoms with van der Waals surface area (Å²) in [4.78, 5) is 62.6. The minimum absolute atomic E-state index is 0.0250. The second kappa shape index (κ2) is 16.5. The summed E-state index contributed by atoms with van der Waals surface area (Å²) < 4.78 is 7.96. The Kier molecular flexibility index (Phi) is 10.8. The van der Waals surface area contributed by atoms with Crippen LogP contribution in [0.2, 0.25) is 0 Å². The molecule has 0 spiro atoms. The van der Waals surface area contributed by atoms with Gasteiger partial charge >= 0.3 is 0 Å². The minimum Gasteiger partial charge on any atom is -0.457 e. The number of nitrogens with zero attached hydrogens (tertiary/aromatic N) is 6. The second-order valence-corrected chi connectivity index (χ2v) is 17.0. The summed E-state index contributed by atoms with van der Waals surface area (Å²) in [6.45, 7) is 4.58. The maximum Gasteiger partial charge on any atom is 0.254 e. The van der Waals surface area contributed by atoms with E-state index in [1.54, 1.807) is 12.3 Å². The van der Waals surface area contributed by atoms with Gasteiger partial charge in [0, 0.05) is 80.5 Å². The molecule has 0 unspecified atom stereocenters. The molecule has 4 amide bonds. The third kappa shape index (κ3) is 7.89. The fourth-order valence-corrected chi connectivity index (χ4v) is 9.92. The van der Waals surface area contributed by atoms with Crippen molar-refractivity contribution >= 4 is 35.3 Å². The highest BCUT2D eigenvalue weighted by molar-refractivity contribution is 6.04. The molecule has 1 atom stereocenters. The van der Waals surface area contributed by atoms with Crippen molar-refractivity contribution in [3.05, 3.63) is 83.6 Å². The zero-order chi connectivity index (χ0) is 40.6. The monoisotopic (exact) mass is 799 g/mol. The molecule has 0 radical (unpaired) electrons. The lowest BCUT2D eigenvalue weighted by Gasteiger charge is -2.45. The summed E-state index contributed by atoms with van der Waals surface area (Å²) >= 11 is 0. The first-order valence-corrected chi connectivity index (χ1v) is 21.3. The molecule has 308 valence electrons. The highest BCUT2D eigenvalue weighted by Gasteiger charge is 2.42. The van der Waals surface area contributed by atoms with Crippen molar-refractivity contribution in [1.29, 1.82) is 0 Å². The van der Waals surface area contributed by atoms with E-state index >= 15 is 0 Å². The lowest BCUT2D eigenvalue weighted by molar-refractivity contribution is -0.142. The van der Waals surface area contributed by atoms with Crippen molar-refractivity contribution in [2.24, 2.45) is 23.5 Å². The standard InChI is InChI=1S/C45H53N9O5/c1-51(27-28-15-21-53(22-16-28)45(58)36-13-19-47-42-35(36)11-12-38(55)49-42)32-25-31(26-32)44(57)52-23-17-29(18-24-52)37-14-20-48-43-39(41(46)56)40(50-54(37)43)30-7-9-34(10-8-30)59-33-5-3-2-4-6-33/h2-10,13,19,28-29,31-32,37,48H,11-12,14-18,20-27H2,1H3,(H2,46,56)(H,47,49,55)/t31?,32?,37-/m0/s1. The highest BCUT2D eigenvalue weighted by atomic mass is 16.5. The number of hydrogen-bond donors (Lipinski definition) is 3. The van der Waals surface area contributed by atoms with Crippen molar-refractivity contribution in [2.45, 2.75) is 69.9 Å². The number of amides is 4. The number of pyridine rings is 1. The van der Waals surface area contributed by atoms with Gasteiger partial charge in [0.2, 0.25) is 11.8 Å². The molecule has 4 aliphatic heterocycles. The maximum atomic E-state index is 13.7. The van der Waals surface area contributed by atoms with Gasteiger partial charge < -0.3 is 35.8 Å². The Morgan fingerprint density at radius 3 is 2.32 bits per heavy atom. The summed E-state index contributed by atoms with van der Waals surface area (Å²) in [5.74, 6) is 3.26. The van der Waals surface area contributed by atoms with Gasteiger partial charge in [0.25, 0.3) is 11.8 Å². The minimum atomic E-state index is -0.514. The van der Waals surface area contributed by atoms with Gasteiger partial charge in [-0.3, -0.25) is 19.2 Å². The van der Waals surface area contributed by atoms with Crippen LogP contribution < -0.4 is 21.1 Å². The highest BCUT2D eigenvalue weighted by Crippen LogP contribution is 2.41. The van der Waals surface area contributed by atoms with Crippen molar-refractivity contribution in [1.82, 2.24) is 29.5 Å². The molecule has 4 aromatic rings. The molecule has 3 fully saturated rings. The molecule has 59 heavy (non-hydrogen) atoms. The Balaban J connectivity index is 0.749. The van der Waals surface area contributed by atoms with Gasteiger partial charge in [0.15, 0.2) is 0 Å². The lowest BCUT2D eigenvalue weighted by atomic mass is 9.77. The zero-order valence-electron chi connectivity index (χ0n) is 33.6. The van der Waals surface area contributed by atoms with Crippen LogP contribution >= 0.6 is 0 Å².